The van der Waals surface area contributed by atoms with Crippen molar-refractivity contribution in [3.8, 4) is 10.4 Å². The largest absolute Gasteiger partial charge is 0.394 e. The topological polar surface area (TPSA) is 107 Å². The molecule has 2 amide bonds. The minimum atomic E-state index is -2.70. The first-order chi connectivity index (χ1) is 17.9. The van der Waals surface area contributed by atoms with E-state index in [1.165, 1.54) is 12.3 Å². The molecule has 0 aliphatic carbocycles. The zero-order chi connectivity index (χ0) is 29.8. The van der Waals surface area contributed by atoms with Crippen LogP contribution in [-0.4, -0.2) is 69.5 Å². The maximum Gasteiger partial charge on any atom is 0.280 e. The number of rotatable bonds is 8. The number of alkyl halides is 4. The molecule has 0 spiro atoms. The van der Waals surface area contributed by atoms with E-state index in [9.17, 15) is 32.3 Å². The van der Waals surface area contributed by atoms with Crippen molar-refractivity contribution in [1.82, 2.24) is 20.2 Å². The van der Waals surface area contributed by atoms with Crippen LogP contribution in [0.15, 0.2) is 12.3 Å². The lowest BCUT2D eigenvalue weighted by molar-refractivity contribution is -0.119. The molecule has 39 heavy (non-hydrogen) atoms. The highest BCUT2D eigenvalue weighted by molar-refractivity contribution is 7.17. The monoisotopic (exact) mass is 575 g/mol. The average Bonchev–Trinajstić information content (AvgIpc) is 3.34. The number of nitrogens with one attached hydrogen (secondary N) is 2. The summed E-state index contributed by atoms with van der Waals surface area (Å²) in [5, 5.41) is 15.2. The van der Waals surface area contributed by atoms with Crippen LogP contribution < -0.4 is 10.6 Å². The number of nitrogens with zero attached hydrogens (tertiary/aromatic N) is 3. The van der Waals surface area contributed by atoms with E-state index in [0.717, 1.165) is 16.2 Å². The van der Waals surface area contributed by atoms with Crippen LogP contribution in [0.5, 0.6) is 0 Å². The van der Waals surface area contributed by atoms with Crippen molar-refractivity contribution in [3.63, 3.8) is 0 Å². The first-order valence-corrected chi connectivity index (χ1v) is 13.2. The van der Waals surface area contributed by atoms with Gasteiger partial charge in [-0.15, -0.1) is 11.3 Å². The Kier molecular flexibility index (Phi) is 10.5. The second-order valence-corrected chi connectivity index (χ2v) is 12.5. The second-order valence-electron chi connectivity index (χ2n) is 11.5. The van der Waals surface area contributed by atoms with Crippen LogP contribution in [0.3, 0.4) is 0 Å². The van der Waals surface area contributed by atoms with Gasteiger partial charge in [0, 0.05) is 36.3 Å². The fourth-order valence-corrected chi connectivity index (χ4v) is 4.61. The summed E-state index contributed by atoms with van der Waals surface area (Å²) in [6.07, 6.45) is -1.03. The predicted molar refractivity (Wildman–Crippen MR) is 143 cm³/mol. The van der Waals surface area contributed by atoms with Crippen LogP contribution in [0.25, 0.3) is 10.4 Å². The Morgan fingerprint density at radius 2 is 1.95 bits per heavy atom. The maximum atomic E-state index is 13.8. The molecule has 0 radical (unpaired) electrons. The number of aryl methyl sites for hydroxylation is 1. The predicted octanol–water partition coefficient (Wildman–Crippen LogP) is 5.28. The van der Waals surface area contributed by atoms with Crippen LogP contribution in [0.1, 0.15) is 75.4 Å². The van der Waals surface area contributed by atoms with E-state index in [1.54, 1.807) is 27.7 Å². The maximum absolute atomic E-state index is 13.8. The van der Waals surface area contributed by atoms with E-state index in [0.29, 0.717) is 29.3 Å². The van der Waals surface area contributed by atoms with E-state index in [1.807, 2.05) is 20.8 Å². The number of amides is 2. The van der Waals surface area contributed by atoms with Gasteiger partial charge in [-0.3, -0.25) is 9.59 Å². The summed E-state index contributed by atoms with van der Waals surface area (Å²) in [6, 6.07) is 1.03. The van der Waals surface area contributed by atoms with Crippen LogP contribution in [-0.2, 0) is 4.79 Å². The fraction of sp³-hybridized carbons (Fsp3) is 0.615. The molecule has 13 heteroatoms. The summed E-state index contributed by atoms with van der Waals surface area (Å²) < 4.78 is 52.4. The molecule has 1 atom stereocenters. The molecule has 0 saturated carbocycles. The standard InChI is InChI=1S/C20H28F2N4O2S.C6H9F2NO/c1-11-15(29-18(25-11)17(28)26-20(5,6)10-27)13-8-23-14(7-12(13)16(21)22)24-9-19(2,3)4;1-5-2-6(7,8)3-9(5)4-10/h7-8,16,27H,9-10H2,1-6H3,(H,23,24)(H,26,28);4-5H,2-3H2,1H3. The number of hydrogen-bond acceptors (Lipinski definition) is 7. The van der Waals surface area contributed by atoms with E-state index >= 15 is 0 Å². The van der Waals surface area contributed by atoms with Gasteiger partial charge < -0.3 is 20.6 Å². The second kappa shape index (κ2) is 12.6. The van der Waals surface area contributed by atoms with Gasteiger partial charge in [-0.1, -0.05) is 20.8 Å². The third-order valence-electron chi connectivity index (χ3n) is 5.76. The van der Waals surface area contributed by atoms with Crippen molar-refractivity contribution in [2.24, 2.45) is 5.41 Å². The third-order valence-corrected chi connectivity index (χ3v) is 6.95. The van der Waals surface area contributed by atoms with Crippen molar-refractivity contribution in [3.05, 3.63) is 28.5 Å². The summed E-state index contributed by atoms with van der Waals surface area (Å²) in [7, 11) is 0. The van der Waals surface area contributed by atoms with Gasteiger partial charge >= 0.3 is 0 Å². The number of pyridine rings is 1. The molecule has 3 heterocycles. The summed E-state index contributed by atoms with van der Waals surface area (Å²) in [5.41, 5.74) is -0.263. The van der Waals surface area contributed by atoms with Gasteiger partial charge in [0.1, 0.15) is 5.82 Å². The number of thiazole rings is 1. The van der Waals surface area contributed by atoms with Crippen molar-refractivity contribution in [2.75, 3.05) is 25.0 Å². The molecule has 8 nitrogen and oxygen atoms in total. The normalized spacial score (nSPS) is 17.1. The average molecular weight is 576 g/mol. The highest BCUT2D eigenvalue weighted by Gasteiger charge is 2.42. The quantitative estimate of drug-likeness (QED) is 0.292. The van der Waals surface area contributed by atoms with E-state index in [-0.39, 0.29) is 40.6 Å². The molecule has 3 rings (SSSR count). The molecule has 0 bridgehead atoms. The van der Waals surface area contributed by atoms with Crippen LogP contribution in [0.4, 0.5) is 23.4 Å². The number of carbonyl (C=O) groups excluding carboxylic acids is 2. The van der Waals surface area contributed by atoms with Crippen molar-refractivity contribution in [1.29, 1.82) is 0 Å². The molecular formula is C26H37F4N5O3S. The van der Waals surface area contributed by atoms with Gasteiger partial charge in [0.2, 0.25) is 6.41 Å². The molecule has 2 aromatic heterocycles. The van der Waals surface area contributed by atoms with Crippen LogP contribution in [0, 0.1) is 12.3 Å². The highest BCUT2D eigenvalue weighted by atomic mass is 32.1. The molecule has 1 aliphatic heterocycles. The Labute approximate surface area is 230 Å². The van der Waals surface area contributed by atoms with Gasteiger partial charge in [-0.05, 0) is 39.2 Å². The zero-order valence-electron chi connectivity index (χ0n) is 23.2. The van der Waals surface area contributed by atoms with Gasteiger partial charge in [0.15, 0.2) is 5.01 Å². The first kappa shape index (κ1) is 32.4. The van der Waals surface area contributed by atoms with Crippen molar-refractivity contribution in [2.45, 2.75) is 78.8 Å². The number of carbonyl (C=O) groups is 2. The minimum absolute atomic E-state index is 0.0236. The Bertz CT molecular complexity index is 1150. The number of anilines is 1. The minimum Gasteiger partial charge on any atom is -0.394 e. The summed E-state index contributed by atoms with van der Waals surface area (Å²) in [5.74, 6) is -2.75. The number of aliphatic hydroxyl groups is 1. The number of hydrogen-bond donors (Lipinski definition) is 3. The Hall–Kier alpha value is -2.80. The lowest BCUT2D eigenvalue weighted by Crippen LogP contribution is -2.46. The molecule has 1 aliphatic rings. The molecule has 218 valence electrons. The highest BCUT2D eigenvalue weighted by Crippen LogP contribution is 2.37. The molecule has 1 fully saturated rings. The fourth-order valence-electron chi connectivity index (χ4n) is 3.62. The molecule has 3 N–H and O–H groups in total. The smallest absolute Gasteiger partial charge is 0.280 e. The van der Waals surface area contributed by atoms with E-state index < -0.39 is 30.3 Å². The molecule has 1 saturated heterocycles. The van der Waals surface area contributed by atoms with Crippen LogP contribution >= 0.6 is 11.3 Å². The Morgan fingerprint density at radius 3 is 2.41 bits per heavy atom. The molecule has 1 unspecified atom stereocenters. The molecule has 2 aromatic rings. The van der Waals surface area contributed by atoms with Gasteiger partial charge in [0.25, 0.3) is 18.3 Å². The summed E-state index contributed by atoms with van der Waals surface area (Å²) in [4.78, 5) is 32.6. The van der Waals surface area contributed by atoms with Crippen molar-refractivity contribution < 1.29 is 32.3 Å². The number of aliphatic hydroxyl groups excluding tert-OH is 1. The SMILES string of the molecule is CC1CC(F)(F)CN1C=O.Cc1nc(C(=O)NC(C)(C)CO)sc1-c1cnc(NCC(C)(C)C)cc1C(F)F. The number of likely N-dealkylation sites (tertiary alicyclic amines) is 1. The number of halogens is 4. The zero-order valence-corrected chi connectivity index (χ0v) is 24.1. The van der Waals surface area contributed by atoms with E-state index in [2.05, 4.69) is 20.6 Å². The lowest BCUT2D eigenvalue weighted by Gasteiger charge is -2.22. The van der Waals surface area contributed by atoms with Crippen molar-refractivity contribution >= 4 is 29.5 Å². The van der Waals surface area contributed by atoms with E-state index in [4.69, 9.17) is 0 Å². The summed E-state index contributed by atoms with van der Waals surface area (Å²) in [6.45, 7) is 12.7. The Morgan fingerprint density at radius 1 is 1.31 bits per heavy atom. The third kappa shape index (κ3) is 9.41. The Balaban J connectivity index is 0.000000446. The first-order valence-electron chi connectivity index (χ1n) is 12.4. The van der Waals surface area contributed by atoms with Gasteiger partial charge in [-0.2, -0.15) is 0 Å². The summed E-state index contributed by atoms with van der Waals surface area (Å²) >= 11 is 1.03. The van der Waals surface area contributed by atoms with Gasteiger partial charge in [0.05, 0.1) is 29.3 Å². The number of aromatic nitrogens is 2. The molecule has 0 aromatic carbocycles. The van der Waals surface area contributed by atoms with Gasteiger partial charge in [-0.25, -0.2) is 27.5 Å². The van der Waals surface area contributed by atoms with Crippen LogP contribution in [0.2, 0.25) is 0 Å². The lowest BCUT2D eigenvalue weighted by atomic mass is 9.97. The molecular weight excluding hydrogens is 538 g/mol.